The van der Waals surface area contributed by atoms with E-state index in [1.54, 1.807) is 69.0 Å². The fourth-order valence-electron chi connectivity index (χ4n) is 3.16. The Labute approximate surface area is 170 Å². The van der Waals surface area contributed by atoms with Crippen LogP contribution in [0.25, 0.3) is 6.08 Å². The zero-order valence-corrected chi connectivity index (χ0v) is 16.8. The predicted octanol–water partition coefficient (Wildman–Crippen LogP) is 2.59. The lowest BCUT2D eigenvalue weighted by Crippen LogP contribution is -2.41. The fraction of sp³-hybridized carbons (Fsp3) is 0.381. The first-order valence-electron chi connectivity index (χ1n) is 9.35. The number of methoxy groups -OCH3 is 3. The SMILES string of the molecule is COc1cc(/C=C/C(=O)N2CCC(Oc3ncccn3)CC2)cc(OC)c1OC. The Morgan fingerprint density at radius 3 is 2.21 bits per heavy atom. The molecule has 1 fully saturated rings. The van der Waals surface area contributed by atoms with Gasteiger partial charge in [0.05, 0.1) is 21.3 Å². The maximum atomic E-state index is 12.6. The van der Waals surface area contributed by atoms with Crippen molar-refractivity contribution in [1.29, 1.82) is 0 Å². The van der Waals surface area contributed by atoms with E-state index in [0.29, 0.717) is 36.3 Å². The van der Waals surface area contributed by atoms with Crippen molar-refractivity contribution < 1.29 is 23.7 Å². The molecule has 8 nitrogen and oxygen atoms in total. The molecule has 0 aliphatic carbocycles. The van der Waals surface area contributed by atoms with Crippen LogP contribution in [0, 0.1) is 0 Å². The normalized spacial score (nSPS) is 14.7. The smallest absolute Gasteiger partial charge is 0.316 e. The Kier molecular flexibility index (Phi) is 6.89. The molecule has 8 heteroatoms. The number of nitrogens with zero attached hydrogens (tertiary/aromatic N) is 3. The maximum Gasteiger partial charge on any atom is 0.316 e. The molecular weight excluding hydrogens is 374 g/mol. The van der Waals surface area contributed by atoms with Gasteiger partial charge in [-0.2, -0.15) is 0 Å². The van der Waals surface area contributed by atoms with E-state index < -0.39 is 0 Å². The molecule has 2 heterocycles. The van der Waals surface area contributed by atoms with Gasteiger partial charge in [-0.15, -0.1) is 0 Å². The first-order chi connectivity index (χ1) is 14.1. The summed E-state index contributed by atoms with van der Waals surface area (Å²) in [7, 11) is 4.67. The Bertz CT molecular complexity index is 824. The van der Waals surface area contributed by atoms with Crippen molar-refractivity contribution in [1.82, 2.24) is 14.9 Å². The topological polar surface area (TPSA) is 83.0 Å². The van der Waals surface area contributed by atoms with Gasteiger partial charge in [0.2, 0.25) is 11.7 Å². The van der Waals surface area contributed by atoms with Crippen LogP contribution in [0.15, 0.2) is 36.7 Å². The Morgan fingerprint density at radius 1 is 1.03 bits per heavy atom. The zero-order valence-electron chi connectivity index (χ0n) is 16.8. The summed E-state index contributed by atoms with van der Waals surface area (Å²) >= 11 is 0. The number of likely N-dealkylation sites (tertiary alicyclic amines) is 1. The number of carbonyl (C=O) groups is 1. The van der Waals surface area contributed by atoms with Crippen molar-refractivity contribution in [3.63, 3.8) is 0 Å². The summed E-state index contributed by atoms with van der Waals surface area (Å²) < 4.78 is 21.8. The summed E-state index contributed by atoms with van der Waals surface area (Å²) in [5.41, 5.74) is 0.785. The van der Waals surface area contributed by atoms with Crippen LogP contribution in [0.4, 0.5) is 0 Å². The van der Waals surface area contributed by atoms with Gasteiger partial charge in [0.1, 0.15) is 6.10 Å². The molecule has 0 unspecified atom stereocenters. The first-order valence-corrected chi connectivity index (χ1v) is 9.35. The van der Waals surface area contributed by atoms with Crippen molar-refractivity contribution in [2.24, 2.45) is 0 Å². The van der Waals surface area contributed by atoms with Gasteiger partial charge < -0.3 is 23.8 Å². The van der Waals surface area contributed by atoms with Crippen LogP contribution in [0.5, 0.6) is 23.3 Å². The number of aromatic nitrogens is 2. The number of carbonyl (C=O) groups excluding carboxylic acids is 1. The highest BCUT2D eigenvalue weighted by molar-refractivity contribution is 5.92. The van der Waals surface area contributed by atoms with E-state index in [4.69, 9.17) is 18.9 Å². The van der Waals surface area contributed by atoms with Gasteiger partial charge in [0.25, 0.3) is 0 Å². The molecule has 29 heavy (non-hydrogen) atoms. The molecule has 1 aliphatic rings. The average molecular weight is 399 g/mol. The van der Waals surface area contributed by atoms with Crippen LogP contribution in [-0.4, -0.2) is 61.3 Å². The third kappa shape index (κ3) is 5.16. The van der Waals surface area contributed by atoms with Crippen molar-refractivity contribution in [3.05, 3.63) is 42.2 Å². The second-order valence-electron chi connectivity index (χ2n) is 6.47. The molecule has 0 spiro atoms. The van der Waals surface area contributed by atoms with E-state index in [1.165, 1.54) is 0 Å². The van der Waals surface area contributed by atoms with Crippen LogP contribution in [0.1, 0.15) is 18.4 Å². The van der Waals surface area contributed by atoms with Crippen LogP contribution >= 0.6 is 0 Å². The number of hydrogen-bond donors (Lipinski definition) is 0. The number of rotatable bonds is 7. The summed E-state index contributed by atoms with van der Waals surface area (Å²) in [4.78, 5) is 22.5. The number of benzene rings is 1. The summed E-state index contributed by atoms with van der Waals surface area (Å²) in [6.07, 6.45) is 8.09. The molecule has 0 saturated carbocycles. The predicted molar refractivity (Wildman–Crippen MR) is 107 cm³/mol. The lowest BCUT2D eigenvalue weighted by atomic mass is 10.1. The molecule has 3 rings (SSSR count). The molecule has 0 N–H and O–H groups in total. The summed E-state index contributed by atoms with van der Waals surface area (Å²) in [5.74, 6) is 1.55. The maximum absolute atomic E-state index is 12.6. The lowest BCUT2D eigenvalue weighted by molar-refractivity contribution is -0.127. The summed E-state index contributed by atoms with van der Waals surface area (Å²) in [5, 5.41) is 0. The second-order valence-corrected chi connectivity index (χ2v) is 6.47. The molecule has 154 valence electrons. The highest BCUT2D eigenvalue weighted by Gasteiger charge is 2.23. The van der Waals surface area contributed by atoms with Crippen LogP contribution in [-0.2, 0) is 4.79 Å². The number of piperidine rings is 1. The van der Waals surface area contributed by atoms with Gasteiger partial charge in [0, 0.05) is 44.4 Å². The molecule has 1 saturated heterocycles. The summed E-state index contributed by atoms with van der Waals surface area (Å²) in [6, 6.07) is 5.71. The minimum Gasteiger partial charge on any atom is -0.493 e. The van der Waals surface area contributed by atoms with Crippen LogP contribution in [0.3, 0.4) is 0 Å². The van der Waals surface area contributed by atoms with Crippen molar-refractivity contribution in [2.45, 2.75) is 18.9 Å². The van der Waals surface area contributed by atoms with Gasteiger partial charge in [-0.25, -0.2) is 9.97 Å². The standard InChI is InChI=1S/C21H25N3O5/c1-26-17-13-15(14-18(27-2)20(17)28-3)5-6-19(25)24-11-7-16(8-12-24)29-21-22-9-4-10-23-21/h4-6,9-10,13-14,16H,7-8,11-12H2,1-3H3/b6-5+. The quantitative estimate of drug-likeness (QED) is 0.662. The van der Waals surface area contributed by atoms with Crippen molar-refractivity contribution in [3.8, 4) is 23.3 Å². The number of amides is 1. The van der Waals surface area contributed by atoms with Gasteiger partial charge in [-0.3, -0.25) is 4.79 Å². The minimum atomic E-state index is -0.0480. The van der Waals surface area contributed by atoms with E-state index in [1.807, 2.05) is 0 Å². The van der Waals surface area contributed by atoms with Gasteiger partial charge >= 0.3 is 6.01 Å². The van der Waals surface area contributed by atoms with Crippen LogP contribution < -0.4 is 18.9 Å². The molecule has 0 radical (unpaired) electrons. The number of ether oxygens (including phenoxy) is 4. The molecule has 0 atom stereocenters. The fourth-order valence-corrected chi connectivity index (χ4v) is 3.16. The minimum absolute atomic E-state index is 0.0144. The molecule has 2 aromatic rings. The van der Waals surface area contributed by atoms with E-state index >= 15 is 0 Å². The van der Waals surface area contributed by atoms with E-state index in [2.05, 4.69) is 9.97 Å². The Morgan fingerprint density at radius 2 is 1.66 bits per heavy atom. The molecule has 1 aromatic heterocycles. The van der Waals surface area contributed by atoms with E-state index in [0.717, 1.165) is 18.4 Å². The Balaban J connectivity index is 1.59. The van der Waals surface area contributed by atoms with Crippen molar-refractivity contribution in [2.75, 3.05) is 34.4 Å². The van der Waals surface area contributed by atoms with E-state index in [9.17, 15) is 4.79 Å². The van der Waals surface area contributed by atoms with Crippen molar-refractivity contribution >= 4 is 12.0 Å². The van der Waals surface area contributed by atoms with Gasteiger partial charge in [-0.05, 0) is 29.8 Å². The first kappa shape index (κ1) is 20.4. The summed E-state index contributed by atoms with van der Waals surface area (Å²) in [6.45, 7) is 1.24. The monoisotopic (exact) mass is 399 g/mol. The van der Waals surface area contributed by atoms with E-state index in [-0.39, 0.29) is 12.0 Å². The average Bonchev–Trinajstić information content (AvgIpc) is 2.77. The third-order valence-electron chi connectivity index (χ3n) is 4.67. The third-order valence-corrected chi connectivity index (χ3v) is 4.67. The zero-order chi connectivity index (χ0) is 20.6. The van der Waals surface area contributed by atoms with Crippen LogP contribution in [0.2, 0.25) is 0 Å². The van der Waals surface area contributed by atoms with Gasteiger partial charge in [-0.1, -0.05) is 0 Å². The van der Waals surface area contributed by atoms with Gasteiger partial charge in [0.15, 0.2) is 11.5 Å². The second kappa shape index (κ2) is 9.77. The number of hydrogen-bond acceptors (Lipinski definition) is 7. The molecule has 1 aliphatic heterocycles. The Hall–Kier alpha value is -3.29. The molecular formula is C21H25N3O5. The molecule has 1 amide bonds. The lowest BCUT2D eigenvalue weighted by Gasteiger charge is -2.30. The highest BCUT2D eigenvalue weighted by atomic mass is 16.5. The highest BCUT2D eigenvalue weighted by Crippen LogP contribution is 2.38. The largest absolute Gasteiger partial charge is 0.493 e. The molecule has 1 aromatic carbocycles. The molecule has 0 bridgehead atoms.